The van der Waals surface area contributed by atoms with Crippen LogP contribution in [0.5, 0.6) is 0 Å². The maximum absolute atomic E-state index is 12.5. The van der Waals surface area contributed by atoms with Crippen LogP contribution in [-0.2, 0) is 21.4 Å². The van der Waals surface area contributed by atoms with Gasteiger partial charge in [0.15, 0.2) is 0 Å². The number of nitrogens with zero attached hydrogens (tertiary/aromatic N) is 4. The average molecular weight is 418 g/mol. The highest BCUT2D eigenvalue weighted by Crippen LogP contribution is 2.44. The molecule has 1 amide bonds. The predicted octanol–water partition coefficient (Wildman–Crippen LogP) is 1.61. The number of hydrogen-bond acceptors (Lipinski definition) is 5. The Kier molecular flexibility index (Phi) is 5.69. The van der Waals surface area contributed by atoms with Crippen molar-refractivity contribution in [3.05, 3.63) is 36.4 Å². The fourth-order valence-electron chi connectivity index (χ4n) is 3.99. The van der Waals surface area contributed by atoms with Gasteiger partial charge in [-0.1, -0.05) is 0 Å². The van der Waals surface area contributed by atoms with E-state index in [2.05, 4.69) is 15.4 Å². The van der Waals surface area contributed by atoms with Crippen LogP contribution in [0.2, 0.25) is 0 Å². The van der Waals surface area contributed by atoms with Gasteiger partial charge in [0.25, 0.3) is 0 Å². The lowest BCUT2D eigenvalue weighted by Crippen LogP contribution is -2.43. The number of aromatic nitrogens is 3. The van der Waals surface area contributed by atoms with E-state index in [0.717, 1.165) is 11.1 Å². The molecule has 8 nitrogen and oxygen atoms in total. The minimum Gasteiger partial charge on any atom is -0.354 e. The van der Waals surface area contributed by atoms with Crippen molar-refractivity contribution < 1.29 is 13.2 Å². The molecule has 1 saturated carbocycles. The lowest BCUT2D eigenvalue weighted by Gasteiger charge is -2.29. The van der Waals surface area contributed by atoms with E-state index in [-0.39, 0.29) is 11.8 Å². The third-order valence-corrected chi connectivity index (χ3v) is 7.06. The molecule has 2 aliphatic rings. The summed E-state index contributed by atoms with van der Waals surface area (Å²) < 4.78 is 26.7. The zero-order chi connectivity index (χ0) is 20.4. The van der Waals surface area contributed by atoms with Crippen LogP contribution in [0.4, 0.5) is 0 Å². The molecular weight excluding hydrogens is 390 g/mol. The highest BCUT2D eigenvalue weighted by Gasteiger charge is 2.31. The van der Waals surface area contributed by atoms with Gasteiger partial charge in [0.05, 0.1) is 19.0 Å². The van der Waals surface area contributed by atoms with Crippen molar-refractivity contribution in [1.82, 2.24) is 24.4 Å². The van der Waals surface area contributed by atoms with Crippen LogP contribution in [0.15, 0.2) is 30.7 Å². The second-order valence-electron chi connectivity index (χ2n) is 7.90. The molecule has 156 valence electrons. The SMILES string of the molecule is CS(=O)(=O)N1CCC(C(=O)NCCn2ncc(-c3ccncc3)c2C2CC2)CC1. The fourth-order valence-corrected chi connectivity index (χ4v) is 4.87. The summed E-state index contributed by atoms with van der Waals surface area (Å²) in [6, 6.07) is 4.00. The van der Waals surface area contributed by atoms with Gasteiger partial charge >= 0.3 is 0 Å². The monoisotopic (exact) mass is 417 g/mol. The van der Waals surface area contributed by atoms with Crippen LogP contribution in [0.1, 0.15) is 37.3 Å². The van der Waals surface area contributed by atoms with Crippen LogP contribution in [-0.4, -0.2) is 59.3 Å². The van der Waals surface area contributed by atoms with Gasteiger partial charge < -0.3 is 5.32 Å². The van der Waals surface area contributed by atoms with E-state index in [1.54, 1.807) is 12.4 Å². The Balaban J connectivity index is 1.33. The van der Waals surface area contributed by atoms with Crippen molar-refractivity contribution in [1.29, 1.82) is 0 Å². The summed E-state index contributed by atoms with van der Waals surface area (Å²) in [7, 11) is -3.17. The van der Waals surface area contributed by atoms with Gasteiger partial charge in [0, 0.05) is 55.1 Å². The molecular formula is C20H27N5O3S. The first kappa shape index (κ1) is 20.0. The molecule has 0 radical (unpaired) electrons. The van der Waals surface area contributed by atoms with Crippen molar-refractivity contribution in [2.45, 2.75) is 38.1 Å². The van der Waals surface area contributed by atoms with E-state index < -0.39 is 10.0 Å². The van der Waals surface area contributed by atoms with Gasteiger partial charge in [-0.15, -0.1) is 0 Å². The number of rotatable bonds is 7. The van der Waals surface area contributed by atoms with Gasteiger partial charge in [0.1, 0.15) is 0 Å². The van der Waals surface area contributed by atoms with Crippen LogP contribution >= 0.6 is 0 Å². The molecule has 2 fully saturated rings. The van der Waals surface area contributed by atoms with E-state index in [1.807, 2.05) is 23.0 Å². The third kappa shape index (κ3) is 4.67. The van der Waals surface area contributed by atoms with Crippen LogP contribution in [0.3, 0.4) is 0 Å². The van der Waals surface area contributed by atoms with E-state index >= 15 is 0 Å². The Bertz CT molecular complexity index is 961. The first-order valence-corrected chi connectivity index (χ1v) is 12.0. The van der Waals surface area contributed by atoms with Crippen LogP contribution in [0, 0.1) is 5.92 Å². The van der Waals surface area contributed by atoms with Gasteiger partial charge in [-0.05, 0) is 43.4 Å². The van der Waals surface area contributed by atoms with Crippen LogP contribution in [0.25, 0.3) is 11.1 Å². The largest absolute Gasteiger partial charge is 0.354 e. The summed E-state index contributed by atoms with van der Waals surface area (Å²) in [4.78, 5) is 16.6. The smallest absolute Gasteiger partial charge is 0.223 e. The zero-order valence-corrected chi connectivity index (χ0v) is 17.4. The molecule has 0 aromatic carbocycles. The number of carbonyl (C=O) groups is 1. The summed E-state index contributed by atoms with van der Waals surface area (Å²) in [5.41, 5.74) is 3.51. The van der Waals surface area contributed by atoms with Crippen LogP contribution < -0.4 is 5.32 Å². The number of piperidine rings is 1. The van der Waals surface area contributed by atoms with Crippen molar-refractivity contribution in [3.63, 3.8) is 0 Å². The lowest BCUT2D eigenvalue weighted by atomic mass is 9.97. The summed E-state index contributed by atoms with van der Waals surface area (Å²) in [6.07, 6.45) is 10.2. The molecule has 0 spiro atoms. The molecule has 2 aromatic rings. The molecule has 9 heteroatoms. The Labute approximate surface area is 171 Å². The number of amides is 1. The Morgan fingerprint density at radius 2 is 1.86 bits per heavy atom. The maximum atomic E-state index is 12.5. The molecule has 1 aliphatic carbocycles. The number of nitrogens with one attached hydrogen (secondary N) is 1. The Hall–Kier alpha value is -2.26. The minimum absolute atomic E-state index is 0.00707. The number of sulfonamides is 1. The van der Waals surface area contributed by atoms with E-state index in [0.29, 0.717) is 44.9 Å². The van der Waals surface area contributed by atoms with E-state index in [4.69, 9.17) is 0 Å². The summed E-state index contributed by atoms with van der Waals surface area (Å²) in [5.74, 6) is 0.422. The van der Waals surface area contributed by atoms with E-state index in [9.17, 15) is 13.2 Å². The van der Waals surface area contributed by atoms with Crippen molar-refractivity contribution in [3.8, 4) is 11.1 Å². The number of carbonyl (C=O) groups excluding carboxylic acids is 1. The molecule has 1 N–H and O–H groups in total. The zero-order valence-electron chi connectivity index (χ0n) is 16.6. The molecule has 0 unspecified atom stereocenters. The fraction of sp³-hybridized carbons (Fsp3) is 0.550. The molecule has 3 heterocycles. The highest BCUT2D eigenvalue weighted by molar-refractivity contribution is 7.88. The van der Waals surface area contributed by atoms with E-state index in [1.165, 1.54) is 29.1 Å². The number of pyridine rings is 1. The second kappa shape index (κ2) is 8.23. The van der Waals surface area contributed by atoms with Crippen molar-refractivity contribution in [2.24, 2.45) is 5.92 Å². The maximum Gasteiger partial charge on any atom is 0.223 e. The Morgan fingerprint density at radius 3 is 2.48 bits per heavy atom. The lowest BCUT2D eigenvalue weighted by molar-refractivity contribution is -0.126. The molecule has 1 saturated heterocycles. The first-order valence-electron chi connectivity index (χ1n) is 10.1. The molecule has 29 heavy (non-hydrogen) atoms. The van der Waals surface area contributed by atoms with Crippen molar-refractivity contribution >= 4 is 15.9 Å². The van der Waals surface area contributed by atoms with Gasteiger partial charge in [-0.25, -0.2) is 12.7 Å². The van der Waals surface area contributed by atoms with Gasteiger partial charge in [0.2, 0.25) is 15.9 Å². The second-order valence-corrected chi connectivity index (χ2v) is 9.89. The summed E-state index contributed by atoms with van der Waals surface area (Å²) in [6.45, 7) is 1.97. The quantitative estimate of drug-likeness (QED) is 0.738. The van der Waals surface area contributed by atoms with Gasteiger partial charge in [-0.3, -0.25) is 14.5 Å². The summed E-state index contributed by atoms with van der Waals surface area (Å²) >= 11 is 0. The topological polar surface area (TPSA) is 97.2 Å². The molecule has 2 aromatic heterocycles. The Morgan fingerprint density at radius 1 is 1.17 bits per heavy atom. The standard InChI is InChI=1S/C20H27N5O3S/c1-29(27,28)24-11-6-17(7-12-24)20(26)22-10-13-25-19(16-2-3-16)18(14-23-25)15-4-8-21-9-5-15/h4-5,8-9,14,16-17H,2-3,6-7,10-13H2,1H3,(H,22,26). The molecule has 0 bridgehead atoms. The average Bonchev–Trinajstić information content (AvgIpc) is 3.47. The first-order chi connectivity index (χ1) is 13.9. The summed E-state index contributed by atoms with van der Waals surface area (Å²) in [5, 5.41) is 7.58. The minimum atomic E-state index is -3.17. The predicted molar refractivity (Wildman–Crippen MR) is 110 cm³/mol. The van der Waals surface area contributed by atoms with Gasteiger partial charge in [-0.2, -0.15) is 5.10 Å². The molecule has 4 rings (SSSR count). The normalized spacial score (nSPS) is 18.7. The molecule has 0 atom stereocenters. The number of hydrogen-bond donors (Lipinski definition) is 1. The van der Waals surface area contributed by atoms with Crippen molar-refractivity contribution in [2.75, 3.05) is 25.9 Å². The third-order valence-electron chi connectivity index (χ3n) is 5.75. The molecule has 1 aliphatic heterocycles. The highest BCUT2D eigenvalue weighted by atomic mass is 32.2.